The van der Waals surface area contributed by atoms with Crippen LogP contribution in [0, 0.1) is 0 Å². The van der Waals surface area contributed by atoms with Crippen LogP contribution < -0.4 is 11.3 Å². The molecule has 0 radical (unpaired) electrons. The molecule has 1 heterocycles. The number of hydrogen-bond donors (Lipinski definition) is 2. The van der Waals surface area contributed by atoms with Crippen molar-refractivity contribution in [2.45, 2.75) is 56.1 Å². The first kappa shape index (κ1) is 17.2. The Bertz CT molecular complexity index is 419. The van der Waals surface area contributed by atoms with Crippen LogP contribution in [0.15, 0.2) is 24.3 Å². The number of hydrogen-bond acceptors (Lipinski definition) is 4. The van der Waals surface area contributed by atoms with E-state index in [0.29, 0.717) is 17.2 Å². The van der Waals surface area contributed by atoms with E-state index in [4.69, 9.17) is 5.84 Å². The number of nitrogens with one attached hydrogen (secondary N) is 1. The summed E-state index contributed by atoms with van der Waals surface area (Å²) < 4.78 is 0. The average molecular weight is 325 g/mol. The summed E-state index contributed by atoms with van der Waals surface area (Å²) in [7, 11) is 0. The van der Waals surface area contributed by atoms with Gasteiger partial charge in [0, 0.05) is 28.0 Å². The van der Waals surface area contributed by atoms with E-state index in [1.807, 2.05) is 0 Å². The molecule has 0 saturated carbocycles. The molecule has 1 aromatic rings. The second-order valence-electron chi connectivity index (χ2n) is 6.03. The average Bonchev–Trinajstić information content (AvgIpc) is 2.53. The standard InChI is InChI=1S/C17H28N2S2/c1-4-16-17(21-10-9-20-16)15(19-18)11-13-5-7-14(8-6-13)12(2)3/h5-8,12,15-17,19H,4,9-11,18H2,1-3H3. The van der Waals surface area contributed by atoms with Gasteiger partial charge in [-0.1, -0.05) is 45.0 Å². The summed E-state index contributed by atoms with van der Waals surface area (Å²) in [6.45, 7) is 6.77. The quantitative estimate of drug-likeness (QED) is 0.616. The lowest BCUT2D eigenvalue weighted by Crippen LogP contribution is -2.49. The highest BCUT2D eigenvalue weighted by Crippen LogP contribution is 2.35. The van der Waals surface area contributed by atoms with Crippen molar-refractivity contribution in [1.29, 1.82) is 0 Å². The van der Waals surface area contributed by atoms with Gasteiger partial charge in [-0.05, 0) is 29.9 Å². The zero-order chi connectivity index (χ0) is 15.2. The Balaban J connectivity index is 2.03. The minimum Gasteiger partial charge on any atom is -0.271 e. The van der Waals surface area contributed by atoms with E-state index in [9.17, 15) is 0 Å². The van der Waals surface area contributed by atoms with Crippen molar-refractivity contribution in [3.05, 3.63) is 35.4 Å². The lowest BCUT2D eigenvalue weighted by atomic mass is 9.97. The van der Waals surface area contributed by atoms with Gasteiger partial charge in [-0.25, -0.2) is 0 Å². The molecule has 4 heteroatoms. The summed E-state index contributed by atoms with van der Waals surface area (Å²) >= 11 is 4.21. The Hall–Kier alpha value is -0.160. The van der Waals surface area contributed by atoms with Gasteiger partial charge in [-0.15, -0.1) is 0 Å². The van der Waals surface area contributed by atoms with Gasteiger partial charge in [0.1, 0.15) is 0 Å². The van der Waals surface area contributed by atoms with Crippen LogP contribution in [0.25, 0.3) is 0 Å². The zero-order valence-corrected chi connectivity index (χ0v) is 15.0. The third-order valence-corrected chi connectivity index (χ3v) is 7.61. The number of nitrogens with two attached hydrogens (primary N) is 1. The monoisotopic (exact) mass is 324 g/mol. The number of thioether (sulfide) groups is 2. The van der Waals surface area contributed by atoms with Gasteiger partial charge in [-0.3, -0.25) is 11.3 Å². The van der Waals surface area contributed by atoms with Crippen LogP contribution in [0.4, 0.5) is 0 Å². The minimum absolute atomic E-state index is 0.359. The third kappa shape index (κ3) is 4.65. The van der Waals surface area contributed by atoms with Crippen LogP contribution in [0.3, 0.4) is 0 Å². The predicted octanol–water partition coefficient (Wildman–Crippen LogP) is 3.81. The van der Waals surface area contributed by atoms with Gasteiger partial charge < -0.3 is 0 Å². The topological polar surface area (TPSA) is 38.0 Å². The summed E-state index contributed by atoms with van der Waals surface area (Å²) in [6.07, 6.45) is 2.25. The van der Waals surface area contributed by atoms with Crippen LogP contribution in [0.1, 0.15) is 44.2 Å². The molecule has 1 aliphatic heterocycles. The molecule has 21 heavy (non-hydrogen) atoms. The van der Waals surface area contributed by atoms with Crippen LogP contribution in [-0.4, -0.2) is 28.0 Å². The summed E-state index contributed by atoms with van der Waals surface area (Å²) in [5, 5.41) is 1.34. The lowest BCUT2D eigenvalue weighted by Gasteiger charge is -2.35. The van der Waals surface area contributed by atoms with E-state index < -0.39 is 0 Å². The molecule has 1 fully saturated rings. The SMILES string of the molecule is CCC1SCCSC1C(Cc1ccc(C(C)C)cc1)NN. The van der Waals surface area contributed by atoms with Crippen molar-refractivity contribution in [1.82, 2.24) is 5.43 Å². The molecule has 0 aliphatic carbocycles. The molecule has 0 amide bonds. The minimum atomic E-state index is 0.359. The Morgan fingerprint density at radius 1 is 1.19 bits per heavy atom. The van der Waals surface area contributed by atoms with Gasteiger partial charge >= 0.3 is 0 Å². The van der Waals surface area contributed by atoms with Crippen molar-refractivity contribution in [3.8, 4) is 0 Å². The fraction of sp³-hybridized carbons (Fsp3) is 0.647. The van der Waals surface area contributed by atoms with Crippen LogP contribution in [-0.2, 0) is 6.42 Å². The van der Waals surface area contributed by atoms with Gasteiger partial charge in [0.2, 0.25) is 0 Å². The van der Waals surface area contributed by atoms with E-state index in [1.54, 1.807) is 0 Å². The van der Waals surface area contributed by atoms with Crippen molar-refractivity contribution in [3.63, 3.8) is 0 Å². The zero-order valence-electron chi connectivity index (χ0n) is 13.3. The Morgan fingerprint density at radius 3 is 2.43 bits per heavy atom. The fourth-order valence-electron chi connectivity index (χ4n) is 2.87. The molecule has 118 valence electrons. The molecule has 1 aromatic carbocycles. The van der Waals surface area contributed by atoms with E-state index >= 15 is 0 Å². The molecular formula is C17H28N2S2. The van der Waals surface area contributed by atoms with Crippen LogP contribution in [0.5, 0.6) is 0 Å². The van der Waals surface area contributed by atoms with Gasteiger partial charge in [0.05, 0.1) is 0 Å². The predicted molar refractivity (Wildman–Crippen MR) is 98.1 cm³/mol. The molecule has 3 N–H and O–H groups in total. The molecule has 1 saturated heterocycles. The number of rotatable bonds is 6. The molecule has 1 aliphatic rings. The summed E-state index contributed by atoms with van der Waals surface area (Å²) in [6, 6.07) is 9.40. The van der Waals surface area contributed by atoms with E-state index in [-0.39, 0.29) is 0 Å². The van der Waals surface area contributed by atoms with Gasteiger partial charge in [0.15, 0.2) is 0 Å². The summed E-state index contributed by atoms with van der Waals surface area (Å²) in [4.78, 5) is 0. The Kier molecular flexibility index (Phi) is 6.93. The maximum absolute atomic E-state index is 5.87. The van der Waals surface area contributed by atoms with Crippen LogP contribution >= 0.6 is 23.5 Å². The van der Waals surface area contributed by atoms with E-state index in [2.05, 4.69) is 74.0 Å². The second kappa shape index (κ2) is 8.47. The molecule has 0 aromatic heterocycles. The maximum atomic E-state index is 5.87. The van der Waals surface area contributed by atoms with Gasteiger partial charge in [-0.2, -0.15) is 23.5 Å². The van der Waals surface area contributed by atoms with E-state index in [1.165, 1.54) is 29.1 Å². The highest BCUT2D eigenvalue weighted by Gasteiger charge is 2.31. The first-order chi connectivity index (χ1) is 10.2. The first-order valence-electron chi connectivity index (χ1n) is 7.93. The van der Waals surface area contributed by atoms with Crippen molar-refractivity contribution in [2.75, 3.05) is 11.5 Å². The van der Waals surface area contributed by atoms with Crippen LogP contribution in [0.2, 0.25) is 0 Å². The molecule has 3 unspecified atom stereocenters. The van der Waals surface area contributed by atoms with E-state index in [0.717, 1.165) is 11.7 Å². The number of hydrazine groups is 1. The Morgan fingerprint density at radius 2 is 1.86 bits per heavy atom. The van der Waals surface area contributed by atoms with Crippen molar-refractivity contribution < 1.29 is 0 Å². The first-order valence-corrected chi connectivity index (χ1v) is 10.0. The highest BCUT2D eigenvalue weighted by atomic mass is 32.2. The maximum Gasteiger partial charge on any atom is 0.0380 e. The fourth-order valence-corrected chi connectivity index (χ4v) is 6.12. The largest absolute Gasteiger partial charge is 0.271 e. The van der Waals surface area contributed by atoms with Crippen molar-refractivity contribution >= 4 is 23.5 Å². The molecule has 2 rings (SSSR count). The highest BCUT2D eigenvalue weighted by molar-refractivity contribution is 8.07. The Labute approximate surface area is 138 Å². The molecule has 0 bridgehead atoms. The lowest BCUT2D eigenvalue weighted by molar-refractivity contribution is 0.490. The smallest absolute Gasteiger partial charge is 0.0380 e. The molecule has 3 atom stereocenters. The second-order valence-corrected chi connectivity index (χ2v) is 8.66. The summed E-state index contributed by atoms with van der Waals surface area (Å²) in [5.41, 5.74) is 5.88. The molecule has 0 spiro atoms. The van der Waals surface area contributed by atoms with Gasteiger partial charge in [0.25, 0.3) is 0 Å². The number of benzene rings is 1. The molecule has 2 nitrogen and oxygen atoms in total. The van der Waals surface area contributed by atoms with Crippen molar-refractivity contribution in [2.24, 2.45) is 5.84 Å². The summed E-state index contributed by atoms with van der Waals surface area (Å²) in [5.74, 6) is 8.99. The third-order valence-electron chi connectivity index (χ3n) is 4.21. The molecular weight excluding hydrogens is 296 g/mol. The normalized spacial score (nSPS) is 24.2.